The summed E-state index contributed by atoms with van der Waals surface area (Å²) in [5.41, 5.74) is 1.09. The first-order chi connectivity index (χ1) is 18.8. The van der Waals surface area contributed by atoms with Crippen LogP contribution in [0.15, 0.2) is 23.8 Å². The fraction of sp³-hybridized carbons (Fsp3) is 0.500. The number of likely N-dealkylation sites (tertiary alicyclic amines) is 1. The molecule has 208 valence electrons. The van der Waals surface area contributed by atoms with E-state index in [4.69, 9.17) is 21.7 Å². The Bertz CT molecular complexity index is 1320. The van der Waals surface area contributed by atoms with Crippen LogP contribution in [0.2, 0.25) is 5.02 Å². The van der Waals surface area contributed by atoms with Crippen molar-refractivity contribution in [2.45, 2.75) is 51.7 Å². The number of carbonyl (C=O) groups excluding carboxylic acids is 1. The molecule has 2 fully saturated rings. The van der Waals surface area contributed by atoms with Crippen molar-refractivity contribution in [3.05, 3.63) is 39.4 Å². The van der Waals surface area contributed by atoms with Crippen LogP contribution in [-0.4, -0.2) is 86.5 Å². The molecule has 0 unspecified atom stereocenters. The normalized spacial score (nSPS) is 20.4. The molecule has 0 aromatic carbocycles. The van der Waals surface area contributed by atoms with Gasteiger partial charge < -0.3 is 10.0 Å². The molecule has 5 heterocycles. The van der Waals surface area contributed by atoms with E-state index in [1.165, 1.54) is 30.4 Å². The predicted molar refractivity (Wildman–Crippen MR) is 155 cm³/mol. The number of piperazine rings is 1. The second-order valence-corrected chi connectivity index (χ2v) is 12.5. The van der Waals surface area contributed by atoms with Gasteiger partial charge in [0.05, 0.1) is 34.4 Å². The van der Waals surface area contributed by atoms with Gasteiger partial charge >= 0.3 is 5.97 Å². The third-order valence-corrected chi connectivity index (χ3v) is 9.57. The summed E-state index contributed by atoms with van der Waals surface area (Å²) in [6, 6.07) is 2.63. The number of nitrogens with zero attached hydrogens (tertiary/aromatic N) is 6. The highest BCUT2D eigenvalue weighted by atomic mass is 35.5. The number of halogens is 1. The SMILES string of the molecule is C[C@@H]1CCCN1Cc1sc(NC(=O)c2cnc(N3CCN(CCC(=O)O)[C@@H](C)C3)cn2)nc1-c1cc(Cl)cs1. The zero-order valence-electron chi connectivity index (χ0n) is 22.0. The summed E-state index contributed by atoms with van der Waals surface area (Å²) < 4.78 is 0. The molecule has 0 spiro atoms. The first kappa shape index (κ1) is 27.9. The number of carbonyl (C=O) groups is 2. The third kappa shape index (κ3) is 6.75. The fourth-order valence-corrected chi connectivity index (χ4v) is 7.24. The molecule has 0 bridgehead atoms. The molecule has 1 amide bonds. The van der Waals surface area contributed by atoms with Gasteiger partial charge in [-0.15, -0.1) is 11.3 Å². The maximum Gasteiger partial charge on any atom is 0.304 e. The quantitative estimate of drug-likeness (QED) is 0.371. The summed E-state index contributed by atoms with van der Waals surface area (Å²) in [7, 11) is 0. The Hall–Kier alpha value is -2.64. The monoisotopic (exact) mass is 589 g/mol. The van der Waals surface area contributed by atoms with E-state index < -0.39 is 5.97 Å². The molecule has 2 atom stereocenters. The Balaban J connectivity index is 1.25. The van der Waals surface area contributed by atoms with E-state index in [1.54, 1.807) is 17.5 Å². The highest BCUT2D eigenvalue weighted by molar-refractivity contribution is 7.17. The number of hydrogen-bond donors (Lipinski definition) is 2. The van der Waals surface area contributed by atoms with Gasteiger partial charge in [-0.25, -0.2) is 15.0 Å². The van der Waals surface area contributed by atoms with Crippen LogP contribution in [0, 0.1) is 0 Å². The summed E-state index contributed by atoms with van der Waals surface area (Å²) in [4.78, 5) is 46.4. The van der Waals surface area contributed by atoms with Crippen LogP contribution in [0.25, 0.3) is 10.6 Å². The minimum absolute atomic E-state index is 0.133. The van der Waals surface area contributed by atoms with Crippen LogP contribution in [0.5, 0.6) is 0 Å². The third-order valence-electron chi connectivity index (χ3n) is 7.33. The maximum atomic E-state index is 13.0. The standard InChI is InChI=1S/C26H32ClN7O3S2/c1-16-4-3-6-33(16)14-21-24(20-10-18(27)15-38-20)30-26(39-21)31-25(37)19-11-29-22(12-28-19)34-9-8-32(17(2)13-34)7-5-23(35)36/h10-12,15-17H,3-9,13-14H2,1-2H3,(H,35,36)(H,30,31,37)/t16-,17+/m1/s1. The largest absolute Gasteiger partial charge is 0.481 e. The van der Waals surface area contributed by atoms with E-state index in [2.05, 4.69) is 43.8 Å². The summed E-state index contributed by atoms with van der Waals surface area (Å²) in [5, 5.41) is 15.0. The number of anilines is 2. The number of amides is 1. The Morgan fingerprint density at radius 1 is 1.15 bits per heavy atom. The lowest BCUT2D eigenvalue weighted by molar-refractivity contribution is -0.137. The molecule has 0 radical (unpaired) electrons. The molecular formula is C26H32ClN7O3S2. The molecule has 39 heavy (non-hydrogen) atoms. The molecule has 2 aliphatic rings. The zero-order valence-corrected chi connectivity index (χ0v) is 24.4. The van der Waals surface area contributed by atoms with E-state index in [0.717, 1.165) is 41.6 Å². The lowest BCUT2D eigenvalue weighted by Gasteiger charge is -2.40. The molecule has 0 aliphatic carbocycles. The summed E-state index contributed by atoms with van der Waals surface area (Å²) >= 11 is 9.24. The highest BCUT2D eigenvalue weighted by Gasteiger charge is 2.26. The van der Waals surface area contributed by atoms with Crippen molar-refractivity contribution in [2.75, 3.05) is 42.9 Å². The van der Waals surface area contributed by atoms with Gasteiger partial charge in [0, 0.05) is 55.1 Å². The van der Waals surface area contributed by atoms with E-state index in [0.29, 0.717) is 35.1 Å². The number of carboxylic acid groups (broad SMARTS) is 1. The van der Waals surface area contributed by atoms with Crippen molar-refractivity contribution >= 4 is 57.1 Å². The number of aliphatic carboxylic acids is 1. The number of hydrogen-bond acceptors (Lipinski definition) is 10. The summed E-state index contributed by atoms with van der Waals surface area (Å²) in [6.07, 6.45) is 5.63. The highest BCUT2D eigenvalue weighted by Crippen LogP contribution is 2.37. The molecule has 3 aromatic heterocycles. The average molecular weight is 590 g/mol. The van der Waals surface area contributed by atoms with Crippen LogP contribution in [0.1, 0.15) is 48.5 Å². The van der Waals surface area contributed by atoms with Crippen LogP contribution in [-0.2, 0) is 11.3 Å². The van der Waals surface area contributed by atoms with Gasteiger partial charge in [0.1, 0.15) is 11.5 Å². The second-order valence-electron chi connectivity index (χ2n) is 10.1. The number of aromatic nitrogens is 3. The Labute approximate surface area is 240 Å². The lowest BCUT2D eigenvalue weighted by Crippen LogP contribution is -2.52. The first-order valence-corrected chi connectivity index (χ1v) is 15.2. The minimum atomic E-state index is -0.785. The molecule has 10 nitrogen and oxygen atoms in total. The first-order valence-electron chi connectivity index (χ1n) is 13.1. The number of thiophene rings is 1. The van der Waals surface area contributed by atoms with Gasteiger partial charge in [-0.3, -0.25) is 24.7 Å². The summed E-state index contributed by atoms with van der Waals surface area (Å²) in [5.74, 6) is -0.442. The molecular weight excluding hydrogens is 558 g/mol. The molecule has 13 heteroatoms. The number of nitrogens with one attached hydrogen (secondary N) is 1. The fourth-order valence-electron chi connectivity index (χ4n) is 5.09. The van der Waals surface area contributed by atoms with Gasteiger partial charge in [-0.2, -0.15) is 0 Å². The zero-order chi connectivity index (χ0) is 27.5. The van der Waals surface area contributed by atoms with Gasteiger partial charge in [-0.1, -0.05) is 22.9 Å². The summed E-state index contributed by atoms with van der Waals surface area (Å²) in [6.45, 7) is 8.89. The van der Waals surface area contributed by atoms with Gasteiger partial charge in [0.15, 0.2) is 5.13 Å². The Kier molecular flexibility index (Phi) is 8.77. The Morgan fingerprint density at radius 2 is 2.00 bits per heavy atom. The molecule has 0 saturated carbocycles. The predicted octanol–water partition coefficient (Wildman–Crippen LogP) is 4.54. The topological polar surface area (TPSA) is 115 Å². The lowest BCUT2D eigenvalue weighted by atomic mass is 10.2. The van der Waals surface area contributed by atoms with Crippen LogP contribution >= 0.6 is 34.3 Å². The minimum Gasteiger partial charge on any atom is -0.481 e. The molecule has 2 aliphatic heterocycles. The van der Waals surface area contributed by atoms with Gasteiger partial charge in [0.2, 0.25) is 0 Å². The molecule has 5 rings (SSSR count). The van der Waals surface area contributed by atoms with Crippen molar-refractivity contribution in [1.82, 2.24) is 24.8 Å². The van der Waals surface area contributed by atoms with Gasteiger partial charge in [0.25, 0.3) is 5.91 Å². The van der Waals surface area contributed by atoms with E-state index in [9.17, 15) is 9.59 Å². The van der Waals surface area contributed by atoms with Crippen LogP contribution < -0.4 is 10.2 Å². The van der Waals surface area contributed by atoms with E-state index in [-0.39, 0.29) is 24.1 Å². The van der Waals surface area contributed by atoms with E-state index in [1.807, 2.05) is 11.4 Å². The molecule has 2 saturated heterocycles. The second kappa shape index (κ2) is 12.3. The van der Waals surface area contributed by atoms with Crippen molar-refractivity contribution in [2.24, 2.45) is 0 Å². The van der Waals surface area contributed by atoms with Crippen molar-refractivity contribution < 1.29 is 14.7 Å². The van der Waals surface area contributed by atoms with E-state index >= 15 is 0 Å². The molecule has 2 N–H and O–H groups in total. The molecule has 3 aromatic rings. The average Bonchev–Trinajstić information content (AvgIpc) is 3.63. The number of rotatable bonds is 9. The van der Waals surface area contributed by atoms with Gasteiger partial charge in [-0.05, 0) is 39.3 Å². The van der Waals surface area contributed by atoms with Crippen LogP contribution in [0.3, 0.4) is 0 Å². The smallest absolute Gasteiger partial charge is 0.304 e. The van der Waals surface area contributed by atoms with Crippen molar-refractivity contribution in [1.29, 1.82) is 0 Å². The number of thiazole rings is 1. The van der Waals surface area contributed by atoms with Crippen molar-refractivity contribution in [3.8, 4) is 10.6 Å². The maximum absolute atomic E-state index is 13.0. The number of carboxylic acids is 1. The Morgan fingerprint density at radius 3 is 2.64 bits per heavy atom. The van der Waals surface area contributed by atoms with Crippen molar-refractivity contribution in [3.63, 3.8) is 0 Å². The van der Waals surface area contributed by atoms with Crippen LogP contribution in [0.4, 0.5) is 10.9 Å².